The molecule has 1 amide bonds. The summed E-state index contributed by atoms with van der Waals surface area (Å²) in [5, 5.41) is 0. The average Bonchev–Trinajstić information content (AvgIpc) is 2.91. The third-order valence-corrected chi connectivity index (χ3v) is 7.81. The summed E-state index contributed by atoms with van der Waals surface area (Å²) in [4.78, 5) is 18.5. The Kier molecular flexibility index (Phi) is 9.06. The van der Waals surface area contributed by atoms with Crippen molar-refractivity contribution >= 4 is 27.7 Å². The second kappa shape index (κ2) is 11.9. The second-order valence-electron chi connectivity index (χ2n) is 10.3. The lowest BCUT2D eigenvalue weighted by Crippen LogP contribution is -2.61. The van der Waals surface area contributed by atoms with Gasteiger partial charge in [-0.15, -0.1) is 0 Å². The molecule has 0 saturated carbocycles. The molecule has 2 N–H and O–H groups in total. The fourth-order valence-corrected chi connectivity index (χ4v) is 5.69. The van der Waals surface area contributed by atoms with Crippen LogP contribution in [0.2, 0.25) is 0 Å². The molecule has 44 heavy (non-hydrogen) atoms. The molecule has 15 heteroatoms. The number of carbonyl (C=O) groups excluding carboxylic acids is 1. The van der Waals surface area contributed by atoms with Crippen LogP contribution in [-0.2, 0) is 29.7 Å². The van der Waals surface area contributed by atoms with E-state index in [0.717, 1.165) is 23.1 Å². The number of aromatic nitrogens is 1. The van der Waals surface area contributed by atoms with E-state index < -0.39 is 59.3 Å². The van der Waals surface area contributed by atoms with Gasteiger partial charge in [-0.3, -0.25) is 9.88 Å². The molecule has 1 aromatic heterocycles. The monoisotopic (exact) mass is 697 g/mol. The Morgan fingerprint density at radius 2 is 1.55 bits per heavy atom. The Balaban J connectivity index is 1.94. The first-order chi connectivity index (χ1) is 20.3. The molecule has 0 radical (unpaired) electrons. The number of alkyl halides is 9. The molecule has 2 heterocycles. The minimum absolute atomic E-state index is 0.00569. The summed E-state index contributed by atoms with van der Waals surface area (Å²) >= 11 is 3.21. The van der Waals surface area contributed by atoms with E-state index in [9.17, 15) is 44.3 Å². The number of halogens is 10. The van der Waals surface area contributed by atoms with Gasteiger partial charge in [0.1, 0.15) is 5.66 Å². The van der Waals surface area contributed by atoms with Crippen molar-refractivity contribution < 1.29 is 49.0 Å². The molecule has 4 rings (SSSR count). The molecule has 2 atom stereocenters. The van der Waals surface area contributed by atoms with Crippen LogP contribution in [-0.4, -0.2) is 23.3 Å². The molecular formula is C29H25BrF9N3O2. The van der Waals surface area contributed by atoms with E-state index in [4.69, 9.17) is 10.5 Å². The van der Waals surface area contributed by atoms with E-state index in [-0.39, 0.29) is 53.6 Å². The number of pyridine rings is 1. The van der Waals surface area contributed by atoms with Crippen molar-refractivity contribution in [2.45, 2.75) is 63.2 Å². The first-order valence-electron chi connectivity index (χ1n) is 13.2. The molecule has 3 aromatic rings. The van der Waals surface area contributed by atoms with Gasteiger partial charge in [0.15, 0.2) is 0 Å². The normalized spacial score (nSPS) is 19.1. The average molecular weight is 698 g/mol. The Morgan fingerprint density at radius 1 is 0.955 bits per heavy atom. The van der Waals surface area contributed by atoms with Gasteiger partial charge in [-0.1, -0.05) is 6.92 Å². The van der Waals surface area contributed by atoms with E-state index in [1.54, 1.807) is 13.8 Å². The van der Waals surface area contributed by atoms with Crippen LogP contribution in [0.4, 0.5) is 50.0 Å². The Labute approximate surface area is 254 Å². The van der Waals surface area contributed by atoms with E-state index in [1.165, 1.54) is 12.3 Å². The van der Waals surface area contributed by atoms with Gasteiger partial charge in [-0.25, -0.2) is 4.79 Å². The van der Waals surface area contributed by atoms with Gasteiger partial charge in [-0.05, 0) is 101 Å². The Bertz CT molecular complexity index is 1520. The second-order valence-corrected chi connectivity index (χ2v) is 11.2. The first-order valence-corrected chi connectivity index (χ1v) is 14.0. The summed E-state index contributed by atoms with van der Waals surface area (Å²) in [6.45, 7) is 3.14. The summed E-state index contributed by atoms with van der Waals surface area (Å²) in [5.74, 6) is -1.04. The number of nitrogens with zero attached hydrogens (tertiary/aromatic N) is 2. The largest absolute Gasteiger partial charge is 0.449 e. The first kappa shape index (κ1) is 33.6. The third kappa shape index (κ3) is 6.82. The highest BCUT2D eigenvalue weighted by atomic mass is 79.9. The molecule has 1 aliphatic heterocycles. The van der Waals surface area contributed by atoms with Crippen molar-refractivity contribution in [2.24, 2.45) is 5.73 Å². The summed E-state index contributed by atoms with van der Waals surface area (Å²) in [6, 6.07) is 5.29. The number of hydrogen-bond donors (Lipinski definition) is 1. The zero-order valence-corrected chi connectivity index (χ0v) is 24.7. The number of benzene rings is 2. The standard InChI is InChI=1S/C29H25BrF9N3O2/c1-3-26(40)13-22(21-12-17(27(31,32)33)5-6-23(21)42(26)25(43)44-4-2)24-16(10-20(30)14-41-24)7-15-8-18(28(34,35)36)11-19(9-15)29(37,38)39/h5-6,8-12,14,22H,3-4,7,13,40H2,1-2H3/t22-,26+/m0/s1. The van der Waals surface area contributed by atoms with Crippen molar-refractivity contribution in [1.82, 2.24) is 4.98 Å². The number of carbonyl (C=O) groups is 1. The highest BCUT2D eigenvalue weighted by Crippen LogP contribution is 2.49. The fraction of sp³-hybridized carbons (Fsp3) is 0.379. The summed E-state index contributed by atoms with van der Waals surface area (Å²) in [6.07, 6.45) is -15.1. The smallest absolute Gasteiger partial charge is 0.416 e. The van der Waals surface area contributed by atoms with Crippen LogP contribution in [0.15, 0.2) is 53.1 Å². The molecule has 0 aliphatic carbocycles. The maximum absolute atomic E-state index is 13.8. The molecular weight excluding hydrogens is 673 g/mol. The summed E-state index contributed by atoms with van der Waals surface area (Å²) < 4.78 is 128. The van der Waals surface area contributed by atoms with Crippen LogP contribution in [0.5, 0.6) is 0 Å². The van der Waals surface area contributed by atoms with E-state index >= 15 is 0 Å². The molecule has 0 unspecified atom stereocenters. The zero-order valence-electron chi connectivity index (χ0n) is 23.1. The minimum atomic E-state index is -5.08. The summed E-state index contributed by atoms with van der Waals surface area (Å²) in [5.41, 5.74) is 0.968. The van der Waals surface area contributed by atoms with Gasteiger partial charge in [-0.2, -0.15) is 39.5 Å². The SMILES string of the molecule is CCOC(=O)N1c2ccc(C(F)(F)F)cc2[C@@H](c2ncc(Br)cc2Cc2cc(C(F)(F)F)cc(C(F)(F)F)c2)C[C@@]1(N)CC. The minimum Gasteiger partial charge on any atom is -0.449 e. The molecule has 0 fully saturated rings. The highest BCUT2D eigenvalue weighted by molar-refractivity contribution is 9.10. The number of anilines is 1. The lowest BCUT2D eigenvalue weighted by molar-refractivity contribution is -0.143. The number of hydrogen-bond acceptors (Lipinski definition) is 4. The van der Waals surface area contributed by atoms with Crippen molar-refractivity contribution in [2.75, 3.05) is 11.5 Å². The molecule has 0 saturated heterocycles. The lowest BCUT2D eigenvalue weighted by atomic mass is 9.77. The number of amides is 1. The van der Waals surface area contributed by atoms with Crippen LogP contribution in [0, 0.1) is 0 Å². The van der Waals surface area contributed by atoms with Crippen molar-refractivity contribution in [3.63, 3.8) is 0 Å². The zero-order chi connectivity index (χ0) is 32.8. The fourth-order valence-electron chi connectivity index (χ4n) is 5.31. The van der Waals surface area contributed by atoms with Gasteiger partial charge >= 0.3 is 24.6 Å². The lowest BCUT2D eigenvalue weighted by Gasteiger charge is -2.47. The topological polar surface area (TPSA) is 68.5 Å². The predicted octanol–water partition coefficient (Wildman–Crippen LogP) is 9.05. The van der Waals surface area contributed by atoms with Gasteiger partial charge in [0.25, 0.3) is 0 Å². The van der Waals surface area contributed by atoms with Crippen molar-refractivity contribution in [3.8, 4) is 0 Å². The molecule has 0 bridgehead atoms. The molecule has 238 valence electrons. The molecule has 5 nitrogen and oxygen atoms in total. The van der Waals surface area contributed by atoms with Gasteiger partial charge in [0, 0.05) is 16.6 Å². The maximum Gasteiger partial charge on any atom is 0.416 e. The molecule has 0 spiro atoms. The summed E-state index contributed by atoms with van der Waals surface area (Å²) in [7, 11) is 0. The predicted molar refractivity (Wildman–Crippen MR) is 146 cm³/mol. The quantitative estimate of drug-likeness (QED) is 0.270. The van der Waals surface area contributed by atoms with E-state index in [2.05, 4.69) is 20.9 Å². The number of fused-ring (bicyclic) bond motifs is 1. The van der Waals surface area contributed by atoms with Crippen LogP contribution in [0.25, 0.3) is 0 Å². The molecule has 1 aliphatic rings. The number of rotatable bonds is 5. The van der Waals surface area contributed by atoms with Crippen LogP contribution in [0.3, 0.4) is 0 Å². The highest BCUT2D eigenvalue weighted by Gasteiger charge is 2.47. The number of nitrogens with two attached hydrogens (primary N) is 1. The van der Waals surface area contributed by atoms with Crippen molar-refractivity contribution in [1.29, 1.82) is 0 Å². The number of ether oxygens (including phenoxy) is 1. The molecule has 2 aromatic carbocycles. The third-order valence-electron chi connectivity index (χ3n) is 7.38. The van der Waals surface area contributed by atoms with Crippen LogP contribution in [0.1, 0.15) is 71.7 Å². The van der Waals surface area contributed by atoms with Crippen LogP contribution < -0.4 is 10.6 Å². The van der Waals surface area contributed by atoms with Gasteiger partial charge in [0.2, 0.25) is 0 Å². The van der Waals surface area contributed by atoms with Crippen molar-refractivity contribution in [3.05, 3.63) is 92.2 Å². The Hall–Kier alpha value is -3.33. The maximum atomic E-state index is 13.8. The Morgan fingerprint density at radius 3 is 2.07 bits per heavy atom. The van der Waals surface area contributed by atoms with Gasteiger partial charge < -0.3 is 10.5 Å². The van der Waals surface area contributed by atoms with Gasteiger partial charge in [0.05, 0.1) is 34.7 Å². The van der Waals surface area contributed by atoms with Crippen LogP contribution >= 0.6 is 15.9 Å². The van der Waals surface area contributed by atoms with E-state index in [1.807, 2.05) is 0 Å². The van der Waals surface area contributed by atoms with E-state index in [0.29, 0.717) is 16.6 Å².